The monoisotopic (exact) mass is 184 g/mol. The average Bonchev–Trinajstić information content (AvgIpc) is 2.17. The summed E-state index contributed by atoms with van der Waals surface area (Å²) in [4.78, 5) is 25.2. The summed E-state index contributed by atoms with van der Waals surface area (Å²) < 4.78 is 0. The van der Waals surface area contributed by atoms with Crippen molar-refractivity contribution in [2.75, 3.05) is 26.2 Å². The zero-order valence-corrected chi connectivity index (χ0v) is 7.69. The van der Waals surface area contributed by atoms with Crippen molar-refractivity contribution in [2.24, 2.45) is 5.73 Å². The molecule has 0 aromatic rings. The number of hydrogen-bond donors (Lipinski definition) is 1. The maximum Gasteiger partial charge on any atom is 0.314 e. The van der Waals surface area contributed by atoms with Gasteiger partial charge in [-0.2, -0.15) is 0 Å². The fourth-order valence-corrected chi connectivity index (χ4v) is 1.33. The van der Waals surface area contributed by atoms with Crippen LogP contribution in [0.25, 0.3) is 0 Å². The lowest BCUT2D eigenvalue weighted by atomic mass is 10.3. The molecule has 5 nitrogen and oxygen atoms in total. The Kier molecular flexibility index (Phi) is 3.11. The van der Waals surface area contributed by atoms with Crippen molar-refractivity contribution >= 4 is 11.9 Å². The van der Waals surface area contributed by atoms with Crippen LogP contribution >= 0.6 is 0 Å². The summed E-state index contributed by atoms with van der Waals surface area (Å²) in [5.41, 5.74) is 5.10. The van der Waals surface area contributed by atoms with Crippen LogP contribution in [0.4, 0.5) is 4.79 Å². The second kappa shape index (κ2) is 4.11. The molecule has 2 N–H and O–H groups in total. The van der Waals surface area contributed by atoms with Gasteiger partial charge in [-0.1, -0.05) is 6.92 Å². The van der Waals surface area contributed by atoms with E-state index in [1.54, 1.807) is 16.7 Å². The number of rotatable bonds is 1. The normalized spacial score (nSPS) is 17.3. The molecule has 1 rings (SSSR count). The molecule has 0 atom stereocenters. The lowest BCUT2D eigenvalue weighted by Crippen LogP contribution is -2.52. The second-order valence-corrected chi connectivity index (χ2v) is 2.94. The van der Waals surface area contributed by atoms with Gasteiger partial charge in [0, 0.05) is 32.6 Å². The number of amides is 3. The van der Waals surface area contributed by atoms with Gasteiger partial charge in [0.1, 0.15) is 0 Å². The molecule has 1 radical (unpaired) electrons. The van der Waals surface area contributed by atoms with Gasteiger partial charge in [0.15, 0.2) is 0 Å². The van der Waals surface area contributed by atoms with Gasteiger partial charge < -0.3 is 15.5 Å². The maximum atomic E-state index is 11.2. The maximum absolute atomic E-state index is 11.2. The molecule has 0 aromatic carbocycles. The topological polar surface area (TPSA) is 66.6 Å². The minimum Gasteiger partial charge on any atom is -0.351 e. The first-order valence-electron chi connectivity index (χ1n) is 4.28. The van der Waals surface area contributed by atoms with Gasteiger partial charge in [0.2, 0.25) is 5.91 Å². The molecule has 13 heavy (non-hydrogen) atoms. The van der Waals surface area contributed by atoms with Crippen LogP contribution in [-0.2, 0) is 4.79 Å². The number of carbonyl (C=O) groups is 2. The van der Waals surface area contributed by atoms with Crippen molar-refractivity contribution in [3.63, 3.8) is 0 Å². The van der Waals surface area contributed by atoms with Crippen LogP contribution in [0.1, 0.15) is 6.92 Å². The number of carbonyl (C=O) groups excluding carboxylic acids is 2. The molecule has 0 saturated carbocycles. The largest absolute Gasteiger partial charge is 0.351 e. The molecule has 1 heterocycles. The van der Waals surface area contributed by atoms with E-state index in [0.29, 0.717) is 26.2 Å². The molecule has 1 aliphatic rings. The summed E-state index contributed by atoms with van der Waals surface area (Å²) in [6.45, 7) is 3.94. The third-order valence-electron chi connectivity index (χ3n) is 2.15. The van der Waals surface area contributed by atoms with E-state index in [2.05, 4.69) is 0 Å². The first kappa shape index (κ1) is 9.83. The Morgan fingerprint density at radius 1 is 1.15 bits per heavy atom. The number of nitrogens with two attached hydrogens (primary N) is 1. The van der Waals surface area contributed by atoms with Crippen LogP contribution < -0.4 is 5.73 Å². The van der Waals surface area contributed by atoms with Crippen molar-refractivity contribution in [3.8, 4) is 0 Å². The van der Waals surface area contributed by atoms with Crippen LogP contribution in [0.3, 0.4) is 0 Å². The Labute approximate surface area is 77.5 Å². The summed E-state index contributed by atoms with van der Waals surface area (Å²) in [5.74, 6) is 0.0177. The molecule has 1 aliphatic heterocycles. The van der Waals surface area contributed by atoms with Gasteiger partial charge in [-0.05, 0) is 0 Å². The molecular formula is C8H14N3O2. The Morgan fingerprint density at radius 2 is 1.62 bits per heavy atom. The summed E-state index contributed by atoms with van der Waals surface area (Å²) in [5, 5.41) is 0. The highest BCUT2D eigenvalue weighted by Crippen LogP contribution is 2.02. The van der Waals surface area contributed by atoms with Gasteiger partial charge in [-0.3, -0.25) is 4.79 Å². The number of piperazine rings is 1. The van der Waals surface area contributed by atoms with Gasteiger partial charge in [0.25, 0.3) is 0 Å². The minimum absolute atomic E-state index is 0.0177. The van der Waals surface area contributed by atoms with Crippen molar-refractivity contribution in [1.82, 2.24) is 9.80 Å². The first-order chi connectivity index (χ1) is 6.15. The molecule has 5 heteroatoms. The Balaban J connectivity index is 2.39. The second-order valence-electron chi connectivity index (χ2n) is 2.94. The standard InChI is InChI=1S/C8H14N3O2/c1-2-7(12)10-3-5-11(6-4-10)8(9)13/h2H,3-6H2,1H3,(H2,9,13). The third-order valence-corrected chi connectivity index (χ3v) is 2.15. The van der Waals surface area contributed by atoms with E-state index >= 15 is 0 Å². The minimum atomic E-state index is -0.410. The zero-order valence-electron chi connectivity index (χ0n) is 7.69. The smallest absolute Gasteiger partial charge is 0.314 e. The third kappa shape index (κ3) is 2.34. The fourth-order valence-electron chi connectivity index (χ4n) is 1.33. The van der Waals surface area contributed by atoms with Crippen LogP contribution in [0, 0.1) is 6.42 Å². The lowest BCUT2D eigenvalue weighted by Gasteiger charge is -2.33. The van der Waals surface area contributed by atoms with Gasteiger partial charge in [-0.25, -0.2) is 4.79 Å². The van der Waals surface area contributed by atoms with Gasteiger partial charge in [-0.15, -0.1) is 0 Å². The summed E-state index contributed by atoms with van der Waals surface area (Å²) in [6.07, 6.45) is 1.53. The van der Waals surface area contributed by atoms with E-state index in [0.717, 1.165) is 0 Å². The molecule has 1 fully saturated rings. The number of urea groups is 1. The molecule has 0 bridgehead atoms. The van der Waals surface area contributed by atoms with Crippen LogP contribution in [-0.4, -0.2) is 47.9 Å². The predicted octanol–water partition coefficient (Wildman–Crippen LogP) is -0.567. The molecule has 73 valence electrons. The first-order valence-corrected chi connectivity index (χ1v) is 4.28. The highest BCUT2D eigenvalue weighted by Gasteiger charge is 2.21. The van der Waals surface area contributed by atoms with E-state index in [1.807, 2.05) is 0 Å². The van der Waals surface area contributed by atoms with Crippen LogP contribution in [0.15, 0.2) is 0 Å². The highest BCUT2D eigenvalue weighted by atomic mass is 16.2. The molecule has 1 saturated heterocycles. The highest BCUT2D eigenvalue weighted by molar-refractivity contribution is 5.84. The molecule has 0 spiro atoms. The van der Waals surface area contributed by atoms with Crippen molar-refractivity contribution in [2.45, 2.75) is 6.92 Å². The molecular weight excluding hydrogens is 170 g/mol. The molecule has 0 aliphatic carbocycles. The van der Waals surface area contributed by atoms with Crippen molar-refractivity contribution in [1.29, 1.82) is 0 Å². The van der Waals surface area contributed by atoms with E-state index in [4.69, 9.17) is 5.73 Å². The average molecular weight is 184 g/mol. The van der Waals surface area contributed by atoms with Gasteiger partial charge >= 0.3 is 6.03 Å². The quantitative estimate of drug-likeness (QED) is 0.593. The van der Waals surface area contributed by atoms with Crippen LogP contribution in [0.2, 0.25) is 0 Å². The number of primary amides is 1. The van der Waals surface area contributed by atoms with Crippen LogP contribution in [0.5, 0.6) is 0 Å². The zero-order chi connectivity index (χ0) is 9.84. The number of nitrogens with zero attached hydrogens (tertiary/aromatic N) is 2. The Bertz CT molecular complexity index is 209. The van der Waals surface area contributed by atoms with E-state index in [1.165, 1.54) is 6.42 Å². The van der Waals surface area contributed by atoms with E-state index in [-0.39, 0.29) is 5.91 Å². The van der Waals surface area contributed by atoms with E-state index < -0.39 is 6.03 Å². The summed E-state index contributed by atoms with van der Waals surface area (Å²) >= 11 is 0. The fraction of sp³-hybridized carbons (Fsp3) is 0.625. The predicted molar refractivity (Wildman–Crippen MR) is 47.7 cm³/mol. The summed E-state index contributed by atoms with van der Waals surface area (Å²) in [7, 11) is 0. The van der Waals surface area contributed by atoms with E-state index in [9.17, 15) is 9.59 Å². The van der Waals surface area contributed by atoms with Crippen molar-refractivity contribution < 1.29 is 9.59 Å². The van der Waals surface area contributed by atoms with Crippen molar-refractivity contribution in [3.05, 3.63) is 6.42 Å². The van der Waals surface area contributed by atoms with Gasteiger partial charge in [0.05, 0.1) is 0 Å². The molecule has 3 amide bonds. The lowest BCUT2D eigenvalue weighted by molar-refractivity contribution is -0.128. The summed E-state index contributed by atoms with van der Waals surface area (Å²) in [6, 6.07) is -0.410. The molecule has 0 aromatic heterocycles. The SMILES string of the molecule is C[CH]C(=O)N1CCN(C(N)=O)CC1. The number of hydrogen-bond acceptors (Lipinski definition) is 2. The Morgan fingerprint density at radius 3 is 2.00 bits per heavy atom. The Hall–Kier alpha value is -1.26. The molecule has 0 unspecified atom stereocenters.